The number of halogens is 5. The van der Waals surface area contributed by atoms with Gasteiger partial charge in [-0.3, -0.25) is 0 Å². The average molecular weight is 364 g/mol. The molecule has 0 aliphatic rings. The van der Waals surface area contributed by atoms with Crippen LogP contribution in [0.5, 0.6) is 5.75 Å². The normalized spacial score (nSPS) is 11.5. The summed E-state index contributed by atoms with van der Waals surface area (Å²) in [5, 5.41) is 0. The molecule has 3 aromatic rings. The third-order valence-corrected chi connectivity index (χ3v) is 3.83. The Kier molecular flexibility index (Phi) is 4.68. The minimum atomic E-state index is -3.83. The van der Waals surface area contributed by atoms with Crippen LogP contribution in [-0.2, 0) is 6.11 Å². The molecule has 6 heteroatoms. The highest BCUT2D eigenvalue weighted by Gasteiger charge is 2.36. The van der Waals surface area contributed by atoms with Crippen LogP contribution < -0.4 is 4.74 Å². The van der Waals surface area contributed by atoms with E-state index in [1.807, 2.05) is 0 Å². The smallest absolute Gasteiger partial charge is 0.426 e. The van der Waals surface area contributed by atoms with Crippen LogP contribution >= 0.6 is 0 Å². The van der Waals surface area contributed by atoms with Gasteiger partial charge in [0.15, 0.2) is 11.6 Å². The van der Waals surface area contributed by atoms with Crippen molar-refractivity contribution < 1.29 is 26.7 Å². The molecule has 0 fully saturated rings. The Bertz CT molecular complexity index is 918. The van der Waals surface area contributed by atoms with Crippen LogP contribution in [0.3, 0.4) is 0 Å². The molecule has 0 unspecified atom stereocenters. The van der Waals surface area contributed by atoms with E-state index in [4.69, 9.17) is 0 Å². The van der Waals surface area contributed by atoms with Crippen LogP contribution in [0.1, 0.15) is 11.1 Å². The number of alkyl halides is 2. The van der Waals surface area contributed by atoms with Crippen molar-refractivity contribution in [3.63, 3.8) is 0 Å². The highest BCUT2D eigenvalue weighted by molar-refractivity contribution is 5.65. The number of hydrogen-bond donors (Lipinski definition) is 0. The van der Waals surface area contributed by atoms with E-state index in [9.17, 15) is 22.0 Å². The zero-order valence-corrected chi connectivity index (χ0v) is 13.6. The van der Waals surface area contributed by atoms with Crippen molar-refractivity contribution >= 4 is 0 Å². The first kappa shape index (κ1) is 17.9. The Labute approximate surface area is 146 Å². The Balaban J connectivity index is 1.93. The Morgan fingerprint density at radius 3 is 1.96 bits per heavy atom. The van der Waals surface area contributed by atoms with Crippen LogP contribution in [0.15, 0.2) is 60.7 Å². The molecular weight excluding hydrogens is 351 g/mol. The number of rotatable bonds is 4. The number of ether oxygens (including phenoxy) is 1. The Hall–Kier alpha value is -2.89. The molecule has 0 radical (unpaired) electrons. The maximum absolute atomic E-state index is 14.3. The lowest BCUT2D eigenvalue weighted by Crippen LogP contribution is -2.22. The SMILES string of the molecule is Cc1ccc(C(F)(F)Oc2ccc(-c3ccc(F)cc3)c(F)c2F)cc1. The van der Waals surface area contributed by atoms with E-state index >= 15 is 0 Å². The molecule has 0 aromatic heterocycles. The first-order valence-corrected chi connectivity index (χ1v) is 7.66. The minimum absolute atomic E-state index is 0.187. The lowest BCUT2D eigenvalue weighted by molar-refractivity contribution is -0.187. The van der Waals surface area contributed by atoms with Crippen molar-refractivity contribution in [3.05, 3.63) is 89.2 Å². The molecule has 0 saturated carbocycles. The molecule has 0 saturated heterocycles. The maximum Gasteiger partial charge on any atom is 0.426 e. The molecule has 3 rings (SSSR count). The lowest BCUT2D eigenvalue weighted by atomic mass is 10.0. The molecule has 0 aliphatic carbocycles. The molecule has 0 atom stereocenters. The van der Waals surface area contributed by atoms with Gasteiger partial charge < -0.3 is 4.74 Å². The Morgan fingerprint density at radius 2 is 1.35 bits per heavy atom. The van der Waals surface area contributed by atoms with E-state index in [2.05, 4.69) is 4.74 Å². The lowest BCUT2D eigenvalue weighted by Gasteiger charge is -2.19. The summed E-state index contributed by atoms with van der Waals surface area (Å²) >= 11 is 0. The van der Waals surface area contributed by atoms with Crippen molar-refractivity contribution in [3.8, 4) is 16.9 Å². The third-order valence-electron chi connectivity index (χ3n) is 3.83. The summed E-state index contributed by atoms with van der Waals surface area (Å²) in [5.41, 5.74) is 0.309. The van der Waals surface area contributed by atoms with Crippen LogP contribution in [0.2, 0.25) is 0 Å². The highest BCUT2D eigenvalue weighted by Crippen LogP contribution is 2.36. The van der Waals surface area contributed by atoms with Gasteiger partial charge in [-0.1, -0.05) is 29.8 Å². The molecule has 0 heterocycles. The molecule has 1 nitrogen and oxygen atoms in total. The second-order valence-corrected chi connectivity index (χ2v) is 5.73. The van der Waals surface area contributed by atoms with Gasteiger partial charge in [0.05, 0.1) is 5.56 Å². The minimum Gasteiger partial charge on any atom is -0.426 e. The summed E-state index contributed by atoms with van der Waals surface area (Å²) in [6, 6.07) is 11.9. The Morgan fingerprint density at radius 1 is 0.731 bits per heavy atom. The summed E-state index contributed by atoms with van der Waals surface area (Å²) in [4.78, 5) is 0. The van der Waals surface area contributed by atoms with E-state index in [1.54, 1.807) is 6.92 Å². The maximum atomic E-state index is 14.3. The van der Waals surface area contributed by atoms with Gasteiger partial charge in [-0.05, 0) is 48.9 Å². The van der Waals surface area contributed by atoms with Gasteiger partial charge >= 0.3 is 6.11 Å². The van der Waals surface area contributed by atoms with Crippen molar-refractivity contribution in [2.24, 2.45) is 0 Å². The van der Waals surface area contributed by atoms with Crippen molar-refractivity contribution in [1.82, 2.24) is 0 Å². The predicted molar refractivity (Wildman–Crippen MR) is 87.5 cm³/mol. The number of hydrogen-bond acceptors (Lipinski definition) is 1. The monoisotopic (exact) mass is 364 g/mol. The topological polar surface area (TPSA) is 9.23 Å². The molecule has 26 heavy (non-hydrogen) atoms. The quantitative estimate of drug-likeness (QED) is 0.500. The number of aryl methyl sites for hydroxylation is 1. The van der Waals surface area contributed by atoms with Gasteiger partial charge in [0.2, 0.25) is 5.82 Å². The number of benzene rings is 3. The van der Waals surface area contributed by atoms with E-state index in [0.29, 0.717) is 0 Å². The molecule has 0 N–H and O–H groups in total. The second kappa shape index (κ2) is 6.78. The molecule has 0 aliphatic heterocycles. The zero-order valence-electron chi connectivity index (χ0n) is 13.6. The fourth-order valence-electron chi connectivity index (χ4n) is 2.41. The van der Waals surface area contributed by atoms with Gasteiger partial charge in [-0.15, -0.1) is 0 Å². The fourth-order valence-corrected chi connectivity index (χ4v) is 2.41. The molecule has 0 spiro atoms. The molecule has 3 aromatic carbocycles. The first-order chi connectivity index (χ1) is 12.3. The molecule has 0 bridgehead atoms. The molecule has 0 amide bonds. The second-order valence-electron chi connectivity index (χ2n) is 5.73. The standard InChI is InChI=1S/C20H13F5O/c1-12-2-6-14(7-3-12)20(24,25)26-17-11-10-16(18(22)19(17)23)13-4-8-15(21)9-5-13/h2-11H,1H3. The van der Waals surface area contributed by atoms with Gasteiger partial charge in [-0.25, -0.2) is 8.78 Å². The van der Waals surface area contributed by atoms with Crippen LogP contribution in [0, 0.1) is 24.4 Å². The van der Waals surface area contributed by atoms with Crippen LogP contribution in [-0.4, -0.2) is 0 Å². The fraction of sp³-hybridized carbons (Fsp3) is 0.100. The highest BCUT2D eigenvalue weighted by atomic mass is 19.3. The van der Waals surface area contributed by atoms with Crippen molar-refractivity contribution in [2.75, 3.05) is 0 Å². The van der Waals surface area contributed by atoms with Crippen molar-refractivity contribution in [2.45, 2.75) is 13.0 Å². The summed E-state index contributed by atoms with van der Waals surface area (Å²) < 4.78 is 74.3. The average Bonchev–Trinajstić information content (AvgIpc) is 2.60. The van der Waals surface area contributed by atoms with Gasteiger partial charge in [0, 0.05) is 5.56 Å². The largest absolute Gasteiger partial charge is 0.426 e. The molecular formula is C20H13F5O. The van der Waals surface area contributed by atoms with E-state index < -0.39 is 34.9 Å². The molecule has 134 valence electrons. The summed E-state index contributed by atoms with van der Waals surface area (Å²) in [5.74, 6) is -4.35. The van der Waals surface area contributed by atoms with E-state index in [0.717, 1.165) is 42.0 Å². The van der Waals surface area contributed by atoms with Gasteiger partial charge in [0.25, 0.3) is 0 Å². The first-order valence-electron chi connectivity index (χ1n) is 7.66. The predicted octanol–water partition coefficient (Wildman–Crippen LogP) is 6.21. The van der Waals surface area contributed by atoms with Crippen molar-refractivity contribution in [1.29, 1.82) is 0 Å². The van der Waals surface area contributed by atoms with Gasteiger partial charge in [0.1, 0.15) is 5.82 Å². The summed E-state index contributed by atoms with van der Waals surface area (Å²) in [6.07, 6.45) is -3.83. The van der Waals surface area contributed by atoms with Crippen LogP contribution in [0.4, 0.5) is 22.0 Å². The van der Waals surface area contributed by atoms with E-state index in [1.165, 1.54) is 24.3 Å². The van der Waals surface area contributed by atoms with Gasteiger partial charge in [-0.2, -0.15) is 13.2 Å². The summed E-state index contributed by atoms with van der Waals surface area (Å²) in [6.45, 7) is 1.73. The third kappa shape index (κ3) is 3.54. The van der Waals surface area contributed by atoms with E-state index in [-0.39, 0.29) is 11.1 Å². The summed E-state index contributed by atoms with van der Waals surface area (Å²) in [7, 11) is 0. The zero-order chi connectivity index (χ0) is 18.9. The van der Waals surface area contributed by atoms with Crippen LogP contribution in [0.25, 0.3) is 11.1 Å².